The molecule has 0 aliphatic heterocycles. The van der Waals surface area contributed by atoms with Gasteiger partial charge in [0.1, 0.15) is 5.75 Å². The van der Waals surface area contributed by atoms with E-state index in [0.29, 0.717) is 17.3 Å². The largest absolute Gasteiger partial charge is 0.491 e. The molecule has 5 nitrogen and oxygen atoms in total. The number of nitrogens with one attached hydrogen (secondary N) is 2. The predicted octanol–water partition coefficient (Wildman–Crippen LogP) is 2.45. The average Bonchev–Trinajstić information content (AvgIpc) is 2.81. The first-order valence-corrected chi connectivity index (χ1v) is 5.72. The average molecular weight is 245 g/mol. The van der Waals surface area contributed by atoms with Crippen molar-refractivity contribution in [1.29, 1.82) is 0 Å². The number of ether oxygens (including phenoxy) is 1. The third kappa shape index (κ3) is 3.10. The zero-order valence-corrected chi connectivity index (χ0v) is 10.3. The Kier molecular flexibility index (Phi) is 3.62. The molecule has 18 heavy (non-hydrogen) atoms. The van der Waals surface area contributed by atoms with Crippen molar-refractivity contribution in [3.8, 4) is 5.75 Å². The Morgan fingerprint density at radius 2 is 2.28 bits per heavy atom. The lowest BCUT2D eigenvalue weighted by atomic mass is 10.2. The standard InChI is InChI=1S/C13H15N3O2/c1-9(2)18-11-5-3-4-10(8-11)12(17)16-13-14-6-7-15-13/h3-9H,1-2H3,(H2,14,15,16,17). The minimum Gasteiger partial charge on any atom is -0.491 e. The molecule has 0 aliphatic rings. The van der Waals surface area contributed by atoms with Crippen LogP contribution in [0.3, 0.4) is 0 Å². The molecule has 0 atom stereocenters. The van der Waals surface area contributed by atoms with Crippen LogP contribution in [0.5, 0.6) is 5.75 Å². The summed E-state index contributed by atoms with van der Waals surface area (Å²) in [5, 5.41) is 2.66. The van der Waals surface area contributed by atoms with Crippen LogP contribution in [0, 0.1) is 0 Å². The Hall–Kier alpha value is -2.30. The molecule has 0 aliphatic carbocycles. The lowest BCUT2D eigenvalue weighted by Gasteiger charge is -2.10. The molecule has 2 rings (SSSR count). The highest BCUT2D eigenvalue weighted by Gasteiger charge is 2.08. The molecule has 0 saturated carbocycles. The van der Waals surface area contributed by atoms with E-state index in [9.17, 15) is 4.79 Å². The lowest BCUT2D eigenvalue weighted by molar-refractivity contribution is 0.102. The molecular formula is C13H15N3O2. The molecule has 5 heteroatoms. The van der Waals surface area contributed by atoms with Crippen LogP contribution in [0.1, 0.15) is 24.2 Å². The quantitative estimate of drug-likeness (QED) is 0.869. The number of aromatic nitrogens is 2. The third-order valence-corrected chi connectivity index (χ3v) is 2.20. The first kappa shape index (κ1) is 12.2. The third-order valence-electron chi connectivity index (χ3n) is 2.20. The minimum absolute atomic E-state index is 0.0772. The van der Waals surface area contributed by atoms with E-state index in [4.69, 9.17) is 4.74 Å². The molecule has 0 saturated heterocycles. The van der Waals surface area contributed by atoms with E-state index in [0.717, 1.165) is 0 Å². The van der Waals surface area contributed by atoms with Gasteiger partial charge in [0.25, 0.3) is 5.91 Å². The summed E-state index contributed by atoms with van der Waals surface area (Å²) in [6, 6.07) is 7.04. The van der Waals surface area contributed by atoms with Gasteiger partial charge >= 0.3 is 0 Å². The molecule has 0 unspecified atom stereocenters. The lowest BCUT2D eigenvalue weighted by Crippen LogP contribution is -2.13. The van der Waals surface area contributed by atoms with Gasteiger partial charge < -0.3 is 9.72 Å². The van der Waals surface area contributed by atoms with Gasteiger partial charge in [0, 0.05) is 18.0 Å². The summed E-state index contributed by atoms with van der Waals surface area (Å²) in [6.45, 7) is 3.88. The Bertz CT molecular complexity index is 521. The van der Waals surface area contributed by atoms with Crippen LogP contribution in [-0.4, -0.2) is 22.0 Å². The molecule has 2 aromatic rings. The van der Waals surface area contributed by atoms with Crippen molar-refractivity contribution < 1.29 is 9.53 Å². The van der Waals surface area contributed by atoms with Gasteiger partial charge in [-0.3, -0.25) is 10.1 Å². The number of imidazole rings is 1. The van der Waals surface area contributed by atoms with Crippen LogP contribution in [0.4, 0.5) is 5.95 Å². The van der Waals surface area contributed by atoms with Crippen molar-refractivity contribution in [1.82, 2.24) is 9.97 Å². The number of aromatic amines is 1. The fraction of sp³-hybridized carbons (Fsp3) is 0.231. The van der Waals surface area contributed by atoms with Crippen molar-refractivity contribution in [2.45, 2.75) is 20.0 Å². The molecule has 0 bridgehead atoms. The molecule has 2 N–H and O–H groups in total. The molecule has 94 valence electrons. The summed E-state index contributed by atoms with van der Waals surface area (Å²) in [5.74, 6) is 0.881. The first-order chi connectivity index (χ1) is 8.65. The number of anilines is 1. The zero-order chi connectivity index (χ0) is 13.0. The highest BCUT2D eigenvalue weighted by atomic mass is 16.5. The molecule has 1 aromatic heterocycles. The highest BCUT2D eigenvalue weighted by molar-refractivity contribution is 6.03. The number of amides is 1. The first-order valence-electron chi connectivity index (χ1n) is 5.72. The highest BCUT2D eigenvalue weighted by Crippen LogP contribution is 2.15. The van der Waals surface area contributed by atoms with Crippen molar-refractivity contribution in [3.63, 3.8) is 0 Å². The molecule has 1 heterocycles. The van der Waals surface area contributed by atoms with Crippen molar-refractivity contribution in [3.05, 3.63) is 42.2 Å². The predicted molar refractivity (Wildman–Crippen MR) is 68.7 cm³/mol. The van der Waals surface area contributed by atoms with E-state index in [1.165, 1.54) is 0 Å². The topological polar surface area (TPSA) is 67.0 Å². The zero-order valence-electron chi connectivity index (χ0n) is 10.3. The summed E-state index contributed by atoms with van der Waals surface area (Å²) in [7, 11) is 0. The van der Waals surface area contributed by atoms with Crippen molar-refractivity contribution >= 4 is 11.9 Å². The Labute approximate surface area is 105 Å². The van der Waals surface area contributed by atoms with Crippen LogP contribution in [0.15, 0.2) is 36.7 Å². The summed E-state index contributed by atoms with van der Waals surface area (Å²) in [4.78, 5) is 18.7. The van der Waals surface area contributed by atoms with Crippen LogP contribution in [0.2, 0.25) is 0 Å². The Balaban J connectivity index is 2.10. The fourth-order valence-corrected chi connectivity index (χ4v) is 1.50. The van der Waals surface area contributed by atoms with Crippen LogP contribution in [0.25, 0.3) is 0 Å². The summed E-state index contributed by atoms with van der Waals surface area (Å²) < 4.78 is 5.54. The number of carbonyl (C=O) groups excluding carboxylic acids is 1. The van der Waals surface area contributed by atoms with E-state index in [2.05, 4.69) is 15.3 Å². The van der Waals surface area contributed by atoms with Gasteiger partial charge in [-0.05, 0) is 32.0 Å². The van der Waals surface area contributed by atoms with Gasteiger partial charge in [0.2, 0.25) is 5.95 Å². The molecule has 1 aromatic carbocycles. The van der Waals surface area contributed by atoms with Gasteiger partial charge in [0.15, 0.2) is 0 Å². The number of carbonyl (C=O) groups is 1. The fourth-order valence-electron chi connectivity index (χ4n) is 1.50. The van der Waals surface area contributed by atoms with Crippen LogP contribution < -0.4 is 10.1 Å². The molecule has 1 amide bonds. The SMILES string of the molecule is CC(C)Oc1cccc(C(=O)Nc2ncc[nH]2)c1. The smallest absolute Gasteiger partial charge is 0.258 e. The molecule has 0 spiro atoms. The maximum absolute atomic E-state index is 11.9. The number of rotatable bonds is 4. The normalized spacial score (nSPS) is 10.4. The maximum Gasteiger partial charge on any atom is 0.258 e. The van der Waals surface area contributed by atoms with Crippen LogP contribution >= 0.6 is 0 Å². The van der Waals surface area contributed by atoms with Crippen LogP contribution in [-0.2, 0) is 0 Å². The number of H-pyrrole nitrogens is 1. The molecular weight excluding hydrogens is 230 g/mol. The maximum atomic E-state index is 11.9. The number of nitrogens with zero attached hydrogens (tertiary/aromatic N) is 1. The van der Waals surface area contributed by atoms with E-state index in [1.807, 2.05) is 19.9 Å². The van der Waals surface area contributed by atoms with Gasteiger partial charge in [-0.2, -0.15) is 0 Å². The second-order valence-electron chi connectivity index (χ2n) is 4.09. The number of hydrogen-bond donors (Lipinski definition) is 2. The number of benzene rings is 1. The number of hydrogen-bond acceptors (Lipinski definition) is 3. The minimum atomic E-state index is -0.223. The van der Waals surface area contributed by atoms with Crippen molar-refractivity contribution in [2.75, 3.05) is 5.32 Å². The van der Waals surface area contributed by atoms with E-state index in [-0.39, 0.29) is 12.0 Å². The van der Waals surface area contributed by atoms with E-state index >= 15 is 0 Å². The van der Waals surface area contributed by atoms with Crippen molar-refractivity contribution in [2.24, 2.45) is 0 Å². The van der Waals surface area contributed by atoms with Gasteiger partial charge in [0.05, 0.1) is 6.10 Å². The Morgan fingerprint density at radius 3 is 2.94 bits per heavy atom. The second-order valence-corrected chi connectivity index (χ2v) is 4.09. The van der Waals surface area contributed by atoms with Gasteiger partial charge in [-0.1, -0.05) is 6.07 Å². The monoisotopic (exact) mass is 245 g/mol. The summed E-state index contributed by atoms with van der Waals surface area (Å²) >= 11 is 0. The summed E-state index contributed by atoms with van der Waals surface area (Å²) in [5.41, 5.74) is 0.532. The molecule has 0 radical (unpaired) electrons. The van der Waals surface area contributed by atoms with E-state index in [1.54, 1.807) is 30.6 Å². The Morgan fingerprint density at radius 1 is 1.44 bits per heavy atom. The summed E-state index contributed by atoms with van der Waals surface area (Å²) in [6.07, 6.45) is 3.30. The molecule has 0 fully saturated rings. The van der Waals surface area contributed by atoms with Gasteiger partial charge in [-0.25, -0.2) is 4.98 Å². The van der Waals surface area contributed by atoms with Gasteiger partial charge in [-0.15, -0.1) is 0 Å². The van der Waals surface area contributed by atoms with E-state index < -0.39 is 0 Å². The second kappa shape index (κ2) is 5.35.